The van der Waals surface area contributed by atoms with Gasteiger partial charge in [0.2, 0.25) is 0 Å². The first-order valence-electron chi connectivity index (χ1n) is 5.25. The zero-order valence-electron chi connectivity index (χ0n) is 9.27. The van der Waals surface area contributed by atoms with Gasteiger partial charge in [-0.05, 0) is 25.1 Å². The predicted molar refractivity (Wildman–Crippen MR) is 62.1 cm³/mol. The number of ether oxygens (including phenoxy) is 1. The lowest BCUT2D eigenvalue weighted by atomic mass is 10.2. The molecule has 1 aromatic carbocycles. The molecule has 2 N–H and O–H groups in total. The van der Waals surface area contributed by atoms with Crippen molar-refractivity contribution in [2.24, 2.45) is 5.73 Å². The lowest BCUT2D eigenvalue weighted by molar-refractivity contribution is 0.267. The third kappa shape index (κ3) is 2.44. The summed E-state index contributed by atoms with van der Waals surface area (Å²) in [6.07, 6.45) is 0. The molecule has 1 heterocycles. The van der Waals surface area contributed by atoms with E-state index in [0.29, 0.717) is 13.2 Å². The number of nitrogens with two attached hydrogens (primary N) is 1. The monoisotopic (exact) mass is 217 g/mol. The molecular weight excluding hydrogens is 202 g/mol. The van der Waals surface area contributed by atoms with Crippen molar-refractivity contribution in [3.05, 3.63) is 53.5 Å². The zero-order valence-corrected chi connectivity index (χ0v) is 9.27. The van der Waals surface area contributed by atoms with Gasteiger partial charge < -0.3 is 14.9 Å². The first kappa shape index (κ1) is 10.8. The number of hydrogen-bond donors (Lipinski definition) is 1. The van der Waals surface area contributed by atoms with Crippen LogP contribution in [0.3, 0.4) is 0 Å². The summed E-state index contributed by atoms with van der Waals surface area (Å²) < 4.78 is 11.1. The van der Waals surface area contributed by atoms with E-state index in [9.17, 15) is 0 Å². The highest BCUT2D eigenvalue weighted by Gasteiger charge is 2.06. The molecule has 2 aromatic rings. The van der Waals surface area contributed by atoms with Crippen LogP contribution in [0.4, 0.5) is 0 Å². The Balaban J connectivity index is 2.00. The van der Waals surface area contributed by atoms with Crippen molar-refractivity contribution in [2.75, 3.05) is 0 Å². The summed E-state index contributed by atoms with van der Waals surface area (Å²) >= 11 is 0. The molecule has 0 spiro atoms. The Morgan fingerprint density at radius 2 is 2.00 bits per heavy atom. The van der Waals surface area contributed by atoms with Crippen LogP contribution < -0.4 is 10.5 Å². The van der Waals surface area contributed by atoms with Crippen molar-refractivity contribution in [1.29, 1.82) is 0 Å². The van der Waals surface area contributed by atoms with Gasteiger partial charge in [0.05, 0.1) is 0 Å². The summed E-state index contributed by atoms with van der Waals surface area (Å²) in [5, 5.41) is 0. The second-order valence-corrected chi connectivity index (χ2v) is 3.60. The van der Waals surface area contributed by atoms with Gasteiger partial charge in [-0.15, -0.1) is 0 Å². The lowest BCUT2D eigenvalue weighted by Gasteiger charge is -2.02. The highest BCUT2D eigenvalue weighted by molar-refractivity contribution is 5.23. The second kappa shape index (κ2) is 4.86. The van der Waals surface area contributed by atoms with E-state index in [1.54, 1.807) is 0 Å². The van der Waals surface area contributed by atoms with Gasteiger partial charge in [-0.2, -0.15) is 0 Å². The molecule has 84 valence electrons. The van der Waals surface area contributed by atoms with Gasteiger partial charge in [0.1, 0.15) is 23.9 Å². The van der Waals surface area contributed by atoms with Crippen molar-refractivity contribution in [1.82, 2.24) is 0 Å². The average molecular weight is 217 g/mol. The van der Waals surface area contributed by atoms with Gasteiger partial charge in [0, 0.05) is 12.1 Å². The Kier molecular flexibility index (Phi) is 3.27. The van der Waals surface area contributed by atoms with Crippen LogP contribution >= 0.6 is 0 Å². The smallest absolute Gasteiger partial charge is 0.146 e. The van der Waals surface area contributed by atoms with Crippen molar-refractivity contribution in [3.8, 4) is 5.75 Å². The standard InChI is InChI=1S/C13H15NO2/c1-10-11(8-14)7-13(16-10)9-15-12-5-3-2-4-6-12/h2-7H,8-9,14H2,1H3. The Morgan fingerprint density at radius 1 is 1.25 bits per heavy atom. The fraction of sp³-hybridized carbons (Fsp3) is 0.231. The van der Waals surface area contributed by atoms with Gasteiger partial charge in [0.15, 0.2) is 0 Å². The van der Waals surface area contributed by atoms with Gasteiger partial charge in [-0.25, -0.2) is 0 Å². The Hall–Kier alpha value is -1.74. The summed E-state index contributed by atoms with van der Waals surface area (Å²) in [4.78, 5) is 0. The molecule has 3 heteroatoms. The molecule has 0 aliphatic heterocycles. The third-order valence-corrected chi connectivity index (χ3v) is 2.42. The van der Waals surface area contributed by atoms with Crippen molar-refractivity contribution < 1.29 is 9.15 Å². The molecule has 2 rings (SSSR count). The fourth-order valence-electron chi connectivity index (χ4n) is 1.53. The molecular formula is C13H15NO2. The fourth-order valence-corrected chi connectivity index (χ4v) is 1.53. The van der Waals surface area contributed by atoms with Gasteiger partial charge >= 0.3 is 0 Å². The maximum Gasteiger partial charge on any atom is 0.146 e. The molecule has 0 unspecified atom stereocenters. The van der Waals surface area contributed by atoms with E-state index in [1.165, 1.54) is 0 Å². The van der Waals surface area contributed by atoms with E-state index in [-0.39, 0.29) is 0 Å². The zero-order chi connectivity index (χ0) is 11.4. The summed E-state index contributed by atoms with van der Waals surface area (Å²) in [6, 6.07) is 11.6. The largest absolute Gasteiger partial charge is 0.486 e. The minimum atomic E-state index is 0.435. The first-order valence-corrected chi connectivity index (χ1v) is 5.25. The van der Waals surface area contributed by atoms with Gasteiger partial charge in [-0.3, -0.25) is 0 Å². The number of aryl methyl sites for hydroxylation is 1. The maximum absolute atomic E-state index is 5.57. The average Bonchev–Trinajstić information content (AvgIpc) is 2.69. The predicted octanol–water partition coefficient (Wildman–Crippen LogP) is 2.63. The van der Waals surface area contributed by atoms with Gasteiger partial charge in [-0.1, -0.05) is 18.2 Å². The normalized spacial score (nSPS) is 10.4. The Labute approximate surface area is 94.8 Å². The molecule has 0 bridgehead atoms. The van der Waals surface area contributed by atoms with E-state index in [0.717, 1.165) is 22.8 Å². The summed E-state index contributed by atoms with van der Waals surface area (Å²) in [7, 11) is 0. The number of para-hydroxylation sites is 1. The number of hydrogen-bond acceptors (Lipinski definition) is 3. The maximum atomic E-state index is 5.57. The lowest BCUT2D eigenvalue weighted by Crippen LogP contribution is -1.96. The van der Waals surface area contributed by atoms with Crippen LogP contribution in [-0.4, -0.2) is 0 Å². The highest BCUT2D eigenvalue weighted by Crippen LogP contribution is 2.16. The van der Waals surface area contributed by atoms with Crippen molar-refractivity contribution in [3.63, 3.8) is 0 Å². The van der Waals surface area contributed by atoms with Crippen LogP contribution in [0.2, 0.25) is 0 Å². The van der Waals surface area contributed by atoms with Crippen LogP contribution in [0.1, 0.15) is 17.1 Å². The summed E-state index contributed by atoms with van der Waals surface area (Å²) in [5.74, 6) is 2.52. The van der Waals surface area contributed by atoms with Crippen LogP contribution in [-0.2, 0) is 13.2 Å². The number of benzene rings is 1. The number of rotatable bonds is 4. The Morgan fingerprint density at radius 3 is 2.62 bits per heavy atom. The van der Waals surface area contributed by atoms with Crippen molar-refractivity contribution >= 4 is 0 Å². The van der Waals surface area contributed by atoms with E-state index >= 15 is 0 Å². The quantitative estimate of drug-likeness (QED) is 0.856. The van der Waals surface area contributed by atoms with E-state index in [4.69, 9.17) is 14.9 Å². The molecule has 0 fully saturated rings. The number of furan rings is 1. The molecule has 3 nitrogen and oxygen atoms in total. The molecule has 0 aliphatic rings. The minimum Gasteiger partial charge on any atom is -0.486 e. The first-order chi connectivity index (χ1) is 7.79. The molecule has 0 atom stereocenters. The molecule has 0 amide bonds. The Bertz CT molecular complexity index is 448. The topological polar surface area (TPSA) is 48.4 Å². The SMILES string of the molecule is Cc1oc(COc2ccccc2)cc1CN. The van der Waals surface area contributed by atoms with E-state index in [2.05, 4.69) is 0 Å². The molecule has 0 saturated carbocycles. The second-order valence-electron chi connectivity index (χ2n) is 3.60. The van der Waals surface area contributed by atoms with Crippen molar-refractivity contribution in [2.45, 2.75) is 20.1 Å². The van der Waals surface area contributed by atoms with E-state index < -0.39 is 0 Å². The molecule has 16 heavy (non-hydrogen) atoms. The third-order valence-electron chi connectivity index (χ3n) is 2.42. The molecule has 1 aromatic heterocycles. The molecule has 0 saturated heterocycles. The van der Waals surface area contributed by atoms with Crippen LogP contribution in [0.15, 0.2) is 40.8 Å². The minimum absolute atomic E-state index is 0.435. The van der Waals surface area contributed by atoms with Crippen LogP contribution in [0, 0.1) is 6.92 Å². The summed E-state index contributed by atoms with van der Waals surface area (Å²) in [6.45, 7) is 2.85. The molecule has 0 aliphatic carbocycles. The van der Waals surface area contributed by atoms with E-state index in [1.807, 2.05) is 43.3 Å². The summed E-state index contributed by atoms with van der Waals surface area (Å²) in [5.41, 5.74) is 6.60. The van der Waals surface area contributed by atoms with Crippen LogP contribution in [0.5, 0.6) is 5.75 Å². The van der Waals surface area contributed by atoms with Crippen LogP contribution in [0.25, 0.3) is 0 Å². The molecule has 0 radical (unpaired) electrons. The highest BCUT2D eigenvalue weighted by atomic mass is 16.5. The van der Waals surface area contributed by atoms with Gasteiger partial charge in [0.25, 0.3) is 0 Å².